The smallest absolute Gasteiger partial charge is 0.244 e. The molecule has 1 aromatic heterocycles. The van der Waals surface area contributed by atoms with Gasteiger partial charge in [0.1, 0.15) is 0 Å². The number of carbonyl (C=O) groups excluding carboxylic acids is 1. The number of nitrogens with one attached hydrogen (secondary N) is 2. The summed E-state index contributed by atoms with van der Waals surface area (Å²) in [5.74, 6) is -0.389. The van der Waals surface area contributed by atoms with Crippen LogP contribution < -0.4 is 5.32 Å². The van der Waals surface area contributed by atoms with E-state index in [1.165, 1.54) is 18.1 Å². The summed E-state index contributed by atoms with van der Waals surface area (Å²) in [5.41, 5.74) is 6.83. The average molecular weight is 512 g/mol. The fourth-order valence-corrected chi connectivity index (χ4v) is 4.79. The van der Waals surface area contributed by atoms with Crippen molar-refractivity contribution in [3.63, 3.8) is 0 Å². The number of hydrogen-bond donors (Lipinski definition) is 4. The van der Waals surface area contributed by atoms with Crippen LogP contribution in [0.5, 0.6) is 0 Å². The summed E-state index contributed by atoms with van der Waals surface area (Å²) in [7, 11) is 0. The number of hydrogen-bond acceptors (Lipinski definition) is 4. The second-order valence-electron chi connectivity index (χ2n) is 9.59. The molecular formula is C31H30FN3O3. The van der Waals surface area contributed by atoms with Crippen molar-refractivity contribution in [1.82, 2.24) is 15.5 Å². The lowest BCUT2D eigenvalue weighted by molar-refractivity contribution is -0.117. The molecule has 1 amide bonds. The lowest BCUT2D eigenvalue weighted by Gasteiger charge is -2.31. The van der Waals surface area contributed by atoms with Gasteiger partial charge in [0.15, 0.2) is 0 Å². The van der Waals surface area contributed by atoms with E-state index in [9.17, 15) is 14.3 Å². The SMILES string of the molecule is O=C(C=Cc1ccc(C(=C(c2ccccc2)C2CCC2)c2ccc3n[nH]c(F)c3c2)cc1)NCC(O)CO. The summed E-state index contributed by atoms with van der Waals surface area (Å²) in [6.45, 7) is -0.425. The van der Waals surface area contributed by atoms with E-state index in [1.54, 1.807) is 6.08 Å². The Balaban J connectivity index is 1.55. The zero-order valence-corrected chi connectivity index (χ0v) is 20.9. The van der Waals surface area contributed by atoms with E-state index < -0.39 is 18.7 Å². The minimum atomic E-state index is -0.985. The molecular weight excluding hydrogens is 481 g/mol. The Hall–Kier alpha value is -4.07. The van der Waals surface area contributed by atoms with Gasteiger partial charge in [-0.05, 0) is 70.4 Å². The van der Waals surface area contributed by atoms with E-state index in [0.29, 0.717) is 16.8 Å². The molecule has 0 saturated heterocycles. The van der Waals surface area contributed by atoms with Crippen molar-refractivity contribution in [2.45, 2.75) is 25.4 Å². The number of nitrogens with zero attached hydrogens (tertiary/aromatic N) is 1. The Morgan fingerprint density at radius 3 is 2.47 bits per heavy atom. The van der Waals surface area contributed by atoms with Crippen LogP contribution in [0, 0.1) is 11.9 Å². The molecule has 3 aromatic carbocycles. The Kier molecular flexibility index (Phi) is 7.77. The third-order valence-corrected chi connectivity index (χ3v) is 7.01. The highest BCUT2D eigenvalue weighted by Crippen LogP contribution is 2.45. The zero-order valence-electron chi connectivity index (χ0n) is 20.9. The summed E-state index contributed by atoms with van der Waals surface area (Å²) >= 11 is 0. The second-order valence-corrected chi connectivity index (χ2v) is 9.59. The summed E-state index contributed by atoms with van der Waals surface area (Å²) in [4.78, 5) is 12.0. The summed E-state index contributed by atoms with van der Waals surface area (Å²) in [5, 5.41) is 27.8. The third-order valence-electron chi connectivity index (χ3n) is 7.01. The highest BCUT2D eigenvalue weighted by atomic mass is 19.1. The fraction of sp³-hybridized carbons (Fsp3) is 0.226. The quantitative estimate of drug-likeness (QED) is 0.189. The fourth-order valence-electron chi connectivity index (χ4n) is 4.79. The lowest BCUT2D eigenvalue weighted by Crippen LogP contribution is -2.32. The molecule has 1 heterocycles. The first-order valence-corrected chi connectivity index (χ1v) is 12.8. The number of allylic oxidation sites excluding steroid dienone is 1. The molecule has 5 rings (SSSR count). The lowest BCUT2D eigenvalue weighted by atomic mass is 9.73. The van der Waals surface area contributed by atoms with Gasteiger partial charge in [0, 0.05) is 12.6 Å². The monoisotopic (exact) mass is 511 g/mol. The third kappa shape index (κ3) is 5.59. The first kappa shape index (κ1) is 25.6. The van der Waals surface area contributed by atoms with E-state index in [1.807, 2.05) is 60.7 Å². The van der Waals surface area contributed by atoms with Crippen LogP contribution in [0.15, 0.2) is 78.9 Å². The highest BCUT2D eigenvalue weighted by Gasteiger charge is 2.27. The maximum absolute atomic E-state index is 14.5. The Labute approximate surface area is 220 Å². The standard InChI is InChI=1S/C31H30FN3O3/c32-31-26-17-24(14-15-27(26)34-35-31)30(29(22-7-4-8-22)21-5-2-1-3-6-21)23-12-9-20(10-13-23)11-16-28(38)33-18-25(37)19-36/h1-3,5-6,9-17,22,25,36-37H,4,7-8,18-19H2,(H,33,38)(H,34,35). The van der Waals surface area contributed by atoms with Crippen molar-refractivity contribution in [2.75, 3.05) is 13.2 Å². The van der Waals surface area contributed by atoms with Gasteiger partial charge in [-0.1, -0.05) is 67.1 Å². The van der Waals surface area contributed by atoms with Gasteiger partial charge in [-0.15, -0.1) is 0 Å². The van der Waals surface area contributed by atoms with Crippen LogP contribution in [-0.2, 0) is 4.79 Å². The molecule has 4 aromatic rings. The van der Waals surface area contributed by atoms with Crippen molar-refractivity contribution in [1.29, 1.82) is 0 Å². The van der Waals surface area contributed by atoms with Gasteiger partial charge in [0.2, 0.25) is 11.9 Å². The molecule has 1 aliphatic carbocycles. The molecule has 0 bridgehead atoms. The highest BCUT2D eigenvalue weighted by molar-refractivity contribution is 6.01. The number of H-pyrrole nitrogens is 1. The molecule has 7 heteroatoms. The Morgan fingerprint density at radius 2 is 1.79 bits per heavy atom. The minimum absolute atomic E-state index is 0.0161. The molecule has 1 saturated carbocycles. The molecule has 1 atom stereocenters. The number of fused-ring (bicyclic) bond motifs is 1. The average Bonchev–Trinajstić information content (AvgIpc) is 3.30. The van der Waals surface area contributed by atoms with Gasteiger partial charge in [-0.2, -0.15) is 9.49 Å². The molecule has 0 radical (unpaired) electrons. The van der Waals surface area contributed by atoms with Crippen molar-refractivity contribution < 1.29 is 19.4 Å². The maximum Gasteiger partial charge on any atom is 0.244 e. The predicted octanol–water partition coefficient (Wildman–Crippen LogP) is 4.94. The molecule has 1 fully saturated rings. The molecule has 4 N–H and O–H groups in total. The largest absolute Gasteiger partial charge is 0.394 e. The second kappa shape index (κ2) is 11.5. The van der Waals surface area contributed by atoms with Gasteiger partial charge in [0.25, 0.3) is 0 Å². The number of halogens is 1. The number of aliphatic hydroxyl groups excluding tert-OH is 2. The van der Waals surface area contributed by atoms with Gasteiger partial charge < -0.3 is 15.5 Å². The maximum atomic E-state index is 14.5. The van der Waals surface area contributed by atoms with Crippen LogP contribution in [0.2, 0.25) is 0 Å². The minimum Gasteiger partial charge on any atom is -0.394 e. The topological polar surface area (TPSA) is 98.2 Å². The number of benzene rings is 3. The van der Waals surface area contributed by atoms with Gasteiger partial charge in [0.05, 0.1) is 23.6 Å². The molecule has 0 aliphatic heterocycles. The van der Waals surface area contributed by atoms with Crippen LogP contribution >= 0.6 is 0 Å². The van der Waals surface area contributed by atoms with Gasteiger partial charge >= 0.3 is 0 Å². The van der Waals surface area contributed by atoms with Crippen LogP contribution in [0.4, 0.5) is 4.39 Å². The van der Waals surface area contributed by atoms with Crippen LogP contribution in [0.1, 0.15) is 41.5 Å². The van der Waals surface area contributed by atoms with Crippen molar-refractivity contribution in [3.05, 3.63) is 107 Å². The van der Waals surface area contributed by atoms with Crippen molar-refractivity contribution >= 4 is 34.0 Å². The molecule has 6 nitrogen and oxygen atoms in total. The molecule has 194 valence electrons. The van der Waals surface area contributed by atoms with E-state index >= 15 is 0 Å². The van der Waals surface area contributed by atoms with E-state index in [4.69, 9.17) is 5.11 Å². The number of amides is 1. The Bertz CT molecular complexity index is 1470. The molecule has 1 unspecified atom stereocenters. The first-order chi connectivity index (χ1) is 18.5. The summed E-state index contributed by atoms with van der Waals surface area (Å²) < 4.78 is 14.5. The predicted molar refractivity (Wildman–Crippen MR) is 147 cm³/mol. The van der Waals surface area contributed by atoms with Crippen molar-refractivity contribution in [2.24, 2.45) is 5.92 Å². The van der Waals surface area contributed by atoms with E-state index in [-0.39, 0.29) is 12.5 Å². The molecule has 0 spiro atoms. The number of aliphatic hydroxyl groups is 2. The normalized spacial score (nSPS) is 15.3. The Morgan fingerprint density at radius 1 is 1.05 bits per heavy atom. The number of aromatic amines is 1. The van der Waals surface area contributed by atoms with E-state index in [2.05, 4.69) is 27.6 Å². The van der Waals surface area contributed by atoms with Gasteiger partial charge in [-0.25, -0.2) is 0 Å². The van der Waals surface area contributed by atoms with Crippen LogP contribution in [0.25, 0.3) is 28.1 Å². The molecule has 1 aliphatic rings. The summed E-state index contributed by atoms with van der Waals surface area (Å²) in [6, 6.07) is 24.0. The van der Waals surface area contributed by atoms with Crippen molar-refractivity contribution in [3.8, 4) is 0 Å². The zero-order chi connectivity index (χ0) is 26.5. The number of carbonyl (C=O) groups is 1. The number of aromatic nitrogens is 2. The summed E-state index contributed by atoms with van der Waals surface area (Å²) in [6.07, 6.45) is 5.51. The number of rotatable bonds is 9. The molecule has 38 heavy (non-hydrogen) atoms. The van der Waals surface area contributed by atoms with E-state index in [0.717, 1.165) is 40.7 Å². The first-order valence-electron chi connectivity index (χ1n) is 12.8. The van der Waals surface area contributed by atoms with Crippen LogP contribution in [0.3, 0.4) is 0 Å². The van der Waals surface area contributed by atoms with Gasteiger partial charge in [-0.3, -0.25) is 9.89 Å². The van der Waals surface area contributed by atoms with Crippen LogP contribution in [-0.4, -0.2) is 45.6 Å².